The fourth-order valence-electron chi connectivity index (χ4n) is 3.20. The summed E-state index contributed by atoms with van der Waals surface area (Å²) in [5, 5.41) is 13.1. The van der Waals surface area contributed by atoms with Crippen molar-refractivity contribution >= 4 is 0 Å². The van der Waals surface area contributed by atoms with Crippen molar-refractivity contribution in [1.29, 1.82) is 0 Å². The maximum Gasteiger partial charge on any atom is 0.0610 e. The van der Waals surface area contributed by atoms with Gasteiger partial charge in [0, 0.05) is 38.3 Å². The molecule has 1 heterocycles. The Morgan fingerprint density at radius 1 is 1.14 bits per heavy atom. The molecule has 1 saturated carbocycles. The van der Waals surface area contributed by atoms with E-state index < -0.39 is 0 Å². The molecule has 2 rings (SSSR count). The highest BCUT2D eigenvalue weighted by atomic mass is 16.3. The van der Waals surface area contributed by atoms with E-state index in [-0.39, 0.29) is 12.1 Å². The van der Waals surface area contributed by atoms with Gasteiger partial charge in [-0.25, -0.2) is 0 Å². The normalized spacial score (nSPS) is 24.1. The highest BCUT2D eigenvalue weighted by Gasteiger charge is 2.27. The van der Waals surface area contributed by atoms with E-state index in [4.69, 9.17) is 0 Å². The zero-order valence-electron chi connectivity index (χ0n) is 14.1. The lowest BCUT2D eigenvalue weighted by molar-refractivity contribution is 0.117. The van der Waals surface area contributed by atoms with Crippen molar-refractivity contribution < 1.29 is 5.11 Å². The Bertz CT molecular complexity index is 288. The molecular formula is C17H35N3O. The molecule has 2 aliphatic rings. The van der Waals surface area contributed by atoms with Crippen LogP contribution in [-0.4, -0.2) is 72.9 Å². The Kier molecular flexibility index (Phi) is 6.93. The van der Waals surface area contributed by atoms with Crippen molar-refractivity contribution in [3.63, 3.8) is 0 Å². The molecule has 0 aromatic rings. The zero-order valence-corrected chi connectivity index (χ0v) is 14.1. The maximum atomic E-state index is 9.59. The molecule has 4 nitrogen and oxygen atoms in total. The van der Waals surface area contributed by atoms with Crippen molar-refractivity contribution in [2.24, 2.45) is 5.92 Å². The Morgan fingerprint density at radius 2 is 1.81 bits per heavy atom. The summed E-state index contributed by atoms with van der Waals surface area (Å²) in [5.41, 5.74) is -0.0934. The first-order chi connectivity index (χ1) is 10.1. The zero-order chi connectivity index (χ0) is 15.1. The number of piperazine rings is 1. The van der Waals surface area contributed by atoms with Gasteiger partial charge < -0.3 is 20.2 Å². The SMILES string of the molecule is CCCNC(C)(CO)CCCN1CCN(CC2CC2)CC1. The first kappa shape index (κ1) is 17.2. The van der Waals surface area contributed by atoms with Crippen LogP contribution in [-0.2, 0) is 0 Å². The first-order valence-electron chi connectivity index (χ1n) is 8.96. The summed E-state index contributed by atoms with van der Waals surface area (Å²) < 4.78 is 0. The molecule has 0 spiro atoms. The first-order valence-corrected chi connectivity index (χ1v) is 8.96. The quantitative estimate of drug-likeness (QED) is 0.642. The molecule has 0 radical (unpaired) electrons. The van der Waals surface area contributed by atoms with Gasteiger partial charge in [0.15, 0.2) is 0 Å². The third-order valence-corrected chi connectivity index (χ3v) is 5.03. The molecule has 0 amide bonds. The van der Waals surface area contributed by atoms with Gasteiger partial charge in [-0.15, -0.1) is 0 Å². The van der Waals surface area contributed by atoms with Gasteiger partial charge in [-0.2, -0.15) is 0 Å². The van der Waals surface area contributed by atoms with Crippen LogP contribution in [0.15, 0.2) is 0 Å². The number of aliphatic hydroxyl groups is 1. The molecular weight excluding hydrogens is 262 g/mol. The van der Waals surface area contributed by atoms with E-state index in [9.17, 15) is 5.11 Å². The van der Waals surface area contributed by atoms with E-state index in [1.54, 1.807) is 0 Å². The van der Waals surface area contributed by atoms with Crippen molar-refractivity contribution in [2.45, 2.75) is 51.5 Å². The van der Waals surface area contributed by atoms with Crippen LogP contribution in [0.4, 0.5) is 0 Å². The summed E-state index contributed by atoms with van der Waals surface area (Å²) in [7, 11) is 0. The van der Waals surface area contributed by atoms with E-state index in [1.807, 2.05) is 0 Å². The molecule has 4 heteroatoms. The van der Waals surface area contributed by atoms with E-state index >= 15 is 0 Å². The number of rotatable bonds is 10. The van der Waals surface area contributed by atoms with Gasteiger partial charge in [-0.05, 0) is 58.0 Å². The predicted octanol–water partition coefficient (Wildman–Crippen LogP) is 1.54. The predicted molar refractivity (Wildman–Crippen MR) is 88.6 cm³/mol. The fraction of sp³-hybridized carbons (Fsp3) is 1.00. The number of hydrogen-bond acceptors (Lipinski definition) is 4. The highest BCUT2D eigenvalue weighted by Crippen LogP contribution is 2.29. The minimum Gasteiger partial charge on any atom is -0.394 e. The van der Waals surface area contributed by atoms with E-state index in [1.165, 1.54) is 58.5 Å². The summed E-state index contributed by atoms with van der Waals surface area (Å²) in [6.07, 6.45) is 6.29. The molecule has 2 fully saturated rings. The second-order valence-corrected chi connectivity index (χ2v) is 7.33. The Hall–Kier alpha value is -0.160. The average Bonchev–Trinajstić information content (AvgIpc) is 3.31. The Morgan fingerprint density at radius 3 is 2.38 bits per heavy atom. The number of nitrogens with zero attached hydrogens (tertiary/aromatic N) is 2. The van der Waals surface area contributed by atoms with Crippen molar-refractivity contribution in [3.8, 4) is 0 Å². The monoisotopic (exact) mass is 297 g/mol. The lowest BCUT2D eigenvalue weighted by Gasteiger charge is -2.36. The maximum absolute atomic E-state index is 9.59. The summed E-state index contributed by atoms with van der Waals surface area (Å²) in [4.78, 5) is 5.25. The standard InChI is InChI=1S/C17H35N3O/c1-3-8-18-17(2,15-21)7-4-9-19-10-12-20(13-11-19)14-16-5-6-16/h16,18,21H,3-15H2,1-2H3. The molecule has 21 heavy (non-hydrogen) atoms. The fourth-order valence-corrected chi connectivity index (χ4v) is 3.20. The van der Waals surface area contributed by atoms with Gasteiger partial charge in [-0.3, -0.25) is 0 Å². The van der Waals surface area contributed by atoms with Crippen molar-refractivity contribution in [2.75, 3.05) is 52.4 Å². The van der Waals surface area contributed by atoms with Crippen molar-refractivity contribution in [3.05, 3.63) is 0 Å². The van der Waals surface area contributed by atoms with Crippen LogP contribution in [0.3, 0.4) is 0 Å². The second kappa shape index (κ2) is 8.47. The van der Waals surface area contributed by atoms with Gasteiger partial charge in [0.05, 0.1) is 6.61 Å². The second-order valence-electron chi connectivity index (χ2n) is 7.33. The van der Waals surface area contributed by atoms with Crippen LogP contribution in [0.25, 0.3) is 0 Å². The molecule has 0 aromatic heterocycles. The van der Waals surface area contributed by atoms with Crippen LogP contribution < -0.4 is 5.32 Å². The third kappa shape index (κ3) is 6.23. The molecule has 0 aromatic carbocycles. The van der Waals surface area contributed by atoms with Crippen LogP contribution in [0, 0.1) is 5.92 Å². The number of hydrogen-bond donors (Lipinski definition) is 2. The summed E-state index contributed by atoms with van der Waals surface area (Å²) >= 11 is 0. The summed E-state index contributed by atoms with van der Waals surface area (Å²) in [6, 6.07) is 0. The minimum atomic E-state index is -0.0934. The minimum absolute atomic E-state index is 0.0934. The molecule has 1 saturated heterocycles. The van der Waals surface area contributed by atoms with Gasteiger partial charge in [0.25, 0.3) is 0 Å². The van der Waals surface area contributed by atoms with Crippen LogP contribution in [0.2, 0.25) is 0 Å². The van der Waals surface area contributed by atoms with Gasteiger partial charge in [0.1, 0.15) is 0 Å². The van der Waals surface area contributed by atoms with Crippen LogP contribution in [0.1, 0.15) is 46.0 Å². The molecule has 0 bridgehead atoms. The molecule has 1 atom stereocenters. The number of aliphatic hydroxyl groups excluding tert-OH is 1. The van der Waals surface area contributed by atoms with Gasteiger partial charge in [0.2, 0.25) is 0 Å². The molecule has 2 N–H and O–H groups in total. The summed E-state index contributed by atoms with van der Waals surface area (Å²) in [6.45, 7) is 13.0. The van der Waals surface area contributed by atoms with Gasteiger partial charge >= 0.3 is 0 Å². The van der Waals surface area contributed by atoms with E-state index in [0.29, 0.717) is 0 Å². The molecule has 1 aliphatic carbocycles. The average molecular weight is 297 g/mol. The molecule has 1 unspecified atom stereocenters. The number of nitrogens with one attached hydrogen (secondary N) is 1. The lowest BCUT2D eigenvalue weighted by atomic mass is 9.96. The van der Waals surface area contributed by atoms with Crippen molar-refractivity contribution in [1.82, 2.24) is 15.1 Å². The largest absolute Gasteiger partial charge is 0.394 e. The lowest BCUT2D eigenvalue weighted by Crippen LogP contribution is -2.48. The highest BCUT2D eigenvalue weighted by molar-refractivity contribution is 4.84. The molecule has 124 valence electrons. The Balaban J connectivity index is 1.57. The van der Waals surface area contributed by atoms with Crippen LogP contribution >= 0.6 is 0 Å². The van der Waals surface area contributed by atoms with E-state index in [0.717, 1.165) is 25.3 Å². The smallest absolute Gasteiger partial charge is 0.0610 e. The topological polar surface area (TPSA) is 38.7 Å². The Labute approximate surface area is 130 Å². The summed E-state index contributed by atoms with van der Waals surface area (Å²) in [5.74, 6) is 1.02. The van der Waals surface area contributed by atoms with Gasteiger partial charge in [-0.1, -0.05) is 6.92 Å². The van der Waals surface area contributed by atoms with E-state index in [2.05, 4.69) is 29.0 Å². The third-order valence-electron chi connectivity index (χ3n) is 5.03. The molecule has 1 aliphatic heterocycles. The van der Waals surface area contributed by atoms with Crippen LogP contribution in [0.5, 0.6) is 0 Å².